The minimum absolute atomic E-state index is 0.0377. The van der Waals surface area contributed by atoms with Gasteiger partial charge in [-0.15, -0.1) is 0 Å². The van der Waals surface area contributed by atoms with Crippen molar-refractivity contribution in [3.63, 3.8) is 0 Å². The van der Waals surface area contributed by atoms with Gasteiger partial charge in [0.15, 0.2) is 9.84 Å². The van der Waals surface area contributed by atoms with E-state index in [1.165, 1.54) is 0 Å². The van der Waals surface area contributed by atoms with Crippen molar-refractivity contribution in [3.05, 3.63) is 0 Å². The molecule has 7 heteroatoms. The van der Waals surface area contributed by atoms with Crippen molar-refractivity contribution in [2.75, 3.05) is 51.9 Å². The summed E-state index contributed by atoms with van der Waals surface area (Å²) >= 11 is 0. The Morgan fingerprint density at radius 1 is 1.41 bits per heavy atom. The maximum absolute atomic E-state index is 11.3. The molecule has 1 rings (SSSR count). The normalized spacial score (nSPS) is 27.8. The number of rotatable bonds is 7. The second-order valence-electron chi connectivity index (χ2n) is 4.50. The summed E-state index contributed by atoms with van der Waals surface area (Å²) in [6.07, 6.45) is -0.774. The average Bonchev–Trinajstić information content (AvgIpc) is 2.49. The zero-order chi connectivity index (χ0) is 12.9. The van der Waals surface area contributed by atoms with Gasteiger partial charge in [0, 0.05) is 32.8 Å². The molecule has 0 aromatic carbocycles. The van der Waals surface area contributed by atoms with E-state index in [4.69, 9.17) is 4.74 Å². The van der Waals surface area contributed by atoms with Crippen LogP contribution in [-0.2, 0) is 14.6 Å². The fourth-order valence-electron chi connectivity index (χ4n) is 1.82. The van der Waals surface area contributed by atoms with Gasteiger partial charge in [0.1, 0.15) is 0 Å². The lowest BCUT2D eigenvalue weighted by Gasteiger charge is -2.19. The molecular weight excluding hydrogens is 244 g/mol. The minimum atomic E-state index is -3.06. The van der Waals surface area contributed by atoms with E-state index in [0.29, 0.717) is 13.2 Å². The van der Waals surface area contributed by atoms with Crippen molar-refractivity contribution >= 4 is 9.84 Å². The number of nitrogens with zero attached hydrogens (tertiary/aromatic N) is 1. The highest BCUT2D eigenvalue weighted by Crippen LogP contribution is 2.11. The highest BCUT2D eigenvalue weighted by Gasteiger charge is 2.35. The maximum atomic E-state index is 11.3. The Bertz CT molecular complexity index is 320. The molecule has 0 aliphatic carbocycles. The number of ether oxygens (including phenoxy) is 1. The van der Waals surface area contributed by atoms with Gasteiger partial charge in [-0.25, -0.2) is 8.42 Å². The van der Waals surface area contributed by atoms with Crippen LogP contribution in [0.3, 0.4) is 0 Å². The third-order valence-electron chi connectivity index (χ3n) is 2.90. The molecule has 2 N–H and O–H groups in total. The summed E-state index contributed by atoms with van der Waals surface area (Å²) in [6, 6.07) is -0.323. The first-order valence-corrected chi connectivity index (χ1v) is 7.56. The molecule has 1 heterocycles. The van der Waals surface area contributed by atoms with Gasteiger partial charge in [0.05, 0.1) is 24.2 Å². The van der Waals surface area contributed by atoms with Crippen LogP contribution in [0.15, 0.2) is 0 Å². The van der Waals surface area contributed by atoms with E-state index in [2.05, 4.69) is 10.2 Å². The molecule has 1 saturated heterocycles. The number of sulfone groups is 1. The summed E-state index contributed by atoms with van der Waals surface area (Å²) in [4.78, 5) is 2.09. The molecule has 0 bridgehead atoms. The van der Waals surface area contributed by atoms with E-state index in [9.17, 15) is 13.5 Å². The minimum Gasteiger partial charge on any atom is -0.390 e. The summed E-state index contributed by atoms with van der Waals surface area (Å²) in [7, 11) is 0.578. The molecule has 1 fully saturated rings. The van der Waals surface area contributed by atoms with Crippen LogP contribution in [0.5, 0.6) is 0 Å². The smallest absolute Gasteiger partial charge is 0.154 e. The molecule has 0 spiro atoms. The van der Waals surface area contributed by atoms with Crippen molar-refractivity contribution in [1.82, 2.24) is 10.2 Å². The molecular formula is C10H22N2O4S. The predicted octanol–water partition coefficient (Wildman–Crippen LogP) is -1.69. The molecule has 0 aromatic rings. The molecule has 17 heavy (non-hydrogen) atoms. The Balaban J connectivity index is 2.19. The number of aliphatic hydroxyl groups is 1. The number of aliphatic hydroxyl groups excluding tert-OH is 1. The van der Waals surface area contributed by atoms with Crippen LogP contribution in [0.4, 0.5) is 0 Å². The highest BCUT2D eigenvalue weighted by molar-refractivity contribution is 7.91. The van der Waals surface area contributed by atoms with E-state index in [0.717, 1.165) is 13.1 Å². The standard InChI is InChI=1S/C10H22N2O4S/c1-12(5-6-16-2)4-3-11-9-7-17(14,15)8-10(9)13/h9-11,13H,3-8H2,1-2H3. The Morgan fingerprint density at radius 2 is 2.12 bits per heavy atom. The first-order chi connectivity index (χ1) is 7.94. The molecule has 2 unspecified atom stereocenters. The van der Waals surface area contributed by atoms with Crippen LogP contribution in [0, 0.1) is 0 Å². The lowest BCUT2D eigenvalue weighted by atomic mass is 10.2. The monoisotopic (exact) mass is 266 g/mol. The number of nitrogens with one attached hydrogen (secondary N) is 1. The van der Waals surface area contributed by atoms with Gasteiger partial charge in [0.25, 0.3) is 0 Å². The van der Waals surface area contributed by atoms with Crippen molar-refractivity contribution in [2.24, 2.45) is 0 Å². The largest absolute Gasteiger partial charge is 0.390 e. The Hall–Kier alpha value is -0.210. The van der Waals surface area contributed by atoms with Crippen LogP contribution in [0.1, 0.15) is 0 Å². The molecule has 102 valence electrons. The van der Waals surface area contributed by atoms with Crippen molar-refractivity contribution in [1.29, 1.82) is 0 Å². The fraction of sp³-hybridized carbons (Fsp3) is 1.00. The summed E-state index contributed by atoms with van der Waals surface area (Å²) < 4.78 is 27.5. The average molecular weight is 266 g/mol. The van der Waals surface area contributed by atoms with E-state index in [-0.39, 0.29) is 17.5 Å². The van der Waals surface area contributed by atoms with Gasteiger partial charge in [-0.1, -0.05) is 0 Å². The van der Waals surface area contributed by atoms with Crippen molar-refractivity contribution in [2.45, 2.75) is 12.1 Å². The van der Waals surface area contributed by atoms with E-state index in [1.807, 2.05) is 7.05 Å². The second kappa shape index (κ2) is 6.65. The van der Waals surface area contributed by atoms with E-state index in [1.54, 1.807) is 7.11 Å². The Morgan fingerprint density at radius 3 is 2.65 bits per heavy atom. The summed E-state index contributed by atoms with van der Waals surface area (Å²) in [5.41, 5.74) is 0. The van der Waals surface area contributed by atoms with Gasteiger partial charge >= 0.3 is 0 Å². The molecule has 0 saturated carbocycles. The molecule has 1 aliphatic rings. The number of hydrogen-bond acceptors (Lipinski definition) is 6. The fourth-order valence-corrected chi connectivity index (χ4v) is 3.60. The summed E-state index contributed by atoms with van der Waals surface area (Å²) in [5, 5.41) is 12.6. The zero-order valence-electron chi connectivity index (χ0n) is 10.4. The molecule has 0 aromatic heterocycles. The van der Waals surface area contributed by atoms with Crippen molar-refractivity contribution in [3.8, 4) is 0 Å². The highest BCUT2D eigenvalue weighted by atomic mass is 32.2. The maximum Gasteiger partial charge on any atom is 0.154 e. The van der Waals surface area contributed by atoms with Crippen LogP contribution < -0.4 is 5.32 Å². The van der Waals surface area contributed by atoms with E-state index < -0.39 is 15.9 Å². The van der Waals surface area contributed by atoms with Crippen LogP contribution >= 0.6 is 0 Å². The lowest BCUT2D eigenvalue weighted by Crippen LogP contribution is -2.42. The van der Waals surface area contributed by atoms with Gasteiger partial charge in [-0.2, -0.15) is 0 Å². The van der Waals surface area contributed by atoms with Gasteiger partial charge in [-0.05, 0) is 7.05 Å². The first-order valence-electron chi connectivity index (χ1n) is 5.74. The second-order valence-corrected chi connectivity index (χ2v) is 6.65. The number of hydrogen-bond donors (Lipinski definition) is 2. The zero-order valence-corrected chi connectivity index (χ0v) is 11.2. The van der Waals surface area contributed by atoms with Gasteiger partial charge in [-0.3, -0.25) is 0 Å². The third-order valence-corrected chi connectivity index (χ3v) is 4.62. The van der Waals surface area contributed by atoms with Crippen LogP contribution in [0.2, 0.25) is 0 Å². The Kier molecular flexibility index (Phi) is 5.81. The molecule has 0 amide bonds. The van der Waals surface area contributed by atoms with Gasteiger partial charge in [0.2, 0.25) is 0 Å². The van der Waals surface area contributed by atoms with Gasteiger partial charge < -0.3 is 20.1 Å². The summed E-state index contributed by atoms with van der Waals surface area (Å²) in [5.74, 6) is -0.0832. The molecule has 6 nitrogen and oxygen atoms in total. The quantitative estimate of drug-likeness (QED) is 0.572. The topological polar surface area (TPSA) is 78.9 Å². The van der Waals surface area contributed by atoms with Crippen LogP contribution in [-0.4, -0.2) is 82.5 Å². The Labute approximate surface area is 103 Å². The first kappa shape index (κ1) is 14.8. The number of likely N-dealkylation sites (N-methyl/N-ethyl adjacent to an activating group) is 1. The SMILES string of the molecule is COCCN(C)CCNC1CS(=O)(=O)CC1O. The number of methoxy groups -OCH3 is 1. The molecule has 2 atom stereocenters. The molecule has 1 aliphatic heterocycles. The summed E-state index contributed by atoms with van der Waals surface area (Å²) in [6.45, 7) is 2.98. The van der Waals surface area contributed by atoms with Crippen LogP contribution in [0.25, 0.3) is 0 Å². The molecule has 0 radical (unpaired) electrons. The van der Waals surface area contributed by atoms with Crippen molar-refractivity contribution < 1.29 is 18.3 Å². The lowest BCUT2D eigenvalue weighted by molar-refractivity contribution is 0.151. The van der Waals surface area contributed by atoms with E-state index >= 15 is 0 Å². The third kappa shape index (κ3) is 5.31. The predicted molar refractivity (Wildman–Crippen MR) is 65.8 cm³/mol.